The predicted molar refractivity (Wildman–Crippen MR) is 114 cm³/mol. The largest absolute Gasteiger partial charge is 0.485 e. The lowest BCUT2D eigenvalue weighted by molar-refractivity contribution is -0.130. The average Bonchev–Trinajstić information content (AvgIpc) is 2.97. The SMILES string of the molecule is CC1(C)NC(=O)N(CCC(=O)N/N=C2/C[C@H](c3ccccc3)Oc3ccccc32)C1=O. The quantitative estimate of drug-likeness (QED) is 0.574. The lowest BCUT2D eigenvalue weighted by Crippen LogP contribution is -2.40. The Hall–Kier alpha value is -3.68. The Balaban J connectivity index is 1.44. The van der Waals surface area contributed by atoms with Crippen LogP contribution in [0.15, 0.2) is 59.7 Å². The van der Waals surface area contributed by atoms with E-state index in [1.807, 2.05) is 54.6 Å². The lowest BCUT2D eigenvalue weighted by atomic mass is 9.96. The third-order valence-corrected chi connectivity index (χ3v) is 5.34. The molecule has 0 aliphatic carbocycles. The number of para-hydroxylation sites is 1. The van der Waals surface area contributed by atoms with E-state index < -0.39 is 11.6 Å². The van der Waals surface area contributed by atoms with Crippen molar-refractivity contribution in [3.63, 3.8) is 0 Å². The second-order valence-electron chi connectivity index (χ2n) is 8.07. The van der Waals surface area contributed by atoms with Gasteiger partial charge in [-0.1, -0.05) is 42.5 Å². The maximum atomic E-state index is 12.4. The maximum Gasteiger partial charge on any atom is 0.325 e. The number of benzene rings is 2. The minimum atomic E-state index is -0.952. The number of amides is 4. The monoisotopic (exact) mass is 420 g/mol. The molecule has 2 aliphatic rings. The molecule has 2 heterocycles. The van der Waals surface area contributed by atoms with Gasteiger partial charge in [0.1, 0.15) is 17.4 Å². The fourth-order valence-corrected chi connectivity index (χ4v) is 3.67. The molecule has 8 nitrogen and oxygen atoms in total. The summed E-state index contributed by atoms with van der Waals surface area (Å²) in [7, 11) is 0. The first-order valence-electron chi connectivity index (χ1n) is 10.2. The van der Waals surface area contributed by atoms with Crippen LogP contribution in [0.4, 0.5) is 4.79 Å². The van der Waals surface area contributed by atoms with Crippen LogP contribution >= 0.6 is 0 Å². The number of nitrogens with one attached hydrogen (secondary N) is 2. The minimum Gasteiger partial charge on any atom is -0.485 e. The third kappa shape index (κ3) is 4.28. The molecule has 4 amide bonds. The Bertz CT molecular complexity index is 1050. The number of nitrogens with zero attached hydrogens (tertiary/aromatic N) is 2. The molecule has 8 heteroatoms. The summed E-state index contributed by atoms with van der Waals surface area (Å²) in [5.74, 6) is -0.0177. The van der Waals surface area contributed by atoms with Gasteiger partial charge in [-0.05, 0) is 31.5 Å². The van der Waals surface area contributed by atoms with Crippen LogP contribution < -0.4 is 15.5 Å². The number of hydrogen-bond donors (Lipinski definition) is 2. The van der Waals surface area contributed by atoms with E-state index in [2.05, 4.69) is 15.8 Å². The van der Waals surface area contributed by atoms with Crippen molar-refractivity contribution in [1.29, 1.82) is 0 Å². The fourth-order valence-electron chi connectivity index (χ4n) is 3.67. The second kappa shape index (κ2) is 8.22. The molecule has 1 saturated heterocycles. The molecule has 2 N–H and O–H groups in total. The fraction of sp³-hybridized carbons (Fsp3) is 0.304. The highest BCUT2D eigenvalue weighted by Gasteiger charge is 2.44. The Labute approximate surface area is 180 Å². The normalized spacial score (nSPS) is 20.8. The van der Waals surface area contributed by atoms with Crippen LogP contribution in [0.25, 0.3) is 0 Å². The summed E-state index contributed by atoms with van der Waals surface area (Å²) < 4.78 is 6.13. The first-order chi connectivity index (χ1) is 14.8. The highest BCUT2D eigenvalue weighted by Crippen LogP contribution is 2.34. The number of hydrazone groups is 1. The number of imide groups is 1. The summed E-state index contributed by atoms with van der Waals surface area (Å²) in [5, 5.41) is 6.94. The second-order valence-corrected chi connectivity index (χ2v) is 8.07. The maximum absolute atomic E-state index is 12.4. The van der Waals surface area contributed by atoms with Gasteiger partial charge in [-0.15, -0.1) is 0 Å². The van der Waals surface area contributed by atoms with Gasteiger partial charge in [0.25, 0.3) is 5.91 Å². The standard InChI is InChI=1S/C23H24N4O4/c1-23(2)21(29)27(22(30)24-23)13-12-20(28)26-25-17-14-19(15-8-4-3-5-9-15)31-18-11-7-6-10-16(17)18/h3-11,19H,12-14H2,1-2H3,(H,24,30)(H,26,28)/b25-17-/t19-/m1/s1. The van der Waals surface area contributed by atoms with E-state index in [4.69, 9.17) is 4.74 Å². The molecule has 1 atom stereocenters. The summed E-state index contributed by atoms with van der Waals surface area (Å²) in [4.78, 5) is 37.6. The molecule has 0 aromatic heterocycles. The van der Waals surface area contributed by atoms with E-state index in [1.165, 1.54) is 0 Å². The first-order valence-corrected chi connectivity index (χ1v) is 10.2. The van der Waals surface area contributed by atoms with Crippen LogP contribution in [0.5, 0.6) is 5.75 Å². The predicted octanol–water partition coefficient (Wildman–Crippen LogP) is 2.75. The number of ether oxygens (including phenoxy) is 1. The number of urea groups is 1. The number of fused-ring (bicyclic) bond motifs is 1. The molecule has 1 fully saturated rings. The van der Waals surface area contributed by atoms with E-state index in [0.29, 0.717) is 17.9 Å². The highest BCUT2D eigenvalue weighted by molar-refractivity contribution is 6.07. The van der Waals surface area contributed by atoms with E-state index in [1.54, 1.807) is 13.8 Å². The molecule has 2 aromatic carbocycles. The number of hydrogen-bond acceptors (Lipinski definition) is 5. The van der Waals surface area contributed by atoms with Crippen molar-refractivity contribution >= 4 is 23.6 Å². The van der Waals surface area contributed by atoms with Crippen molar-refractivity contribution in [2.75, 3.05) is 6.54 Å². The molecule has 0 unspecified atom stereocenters. The smallest absolute Gasteiger partial charge is 0.325 e. The van der Waals surface area contributed by atoms with Crippen molar-refractivity contribution in [3.05, 3.63) is 65.7 Å². The molecule has 160 valence electrons. The molecule has 2 aromatic rings. The summed E-state index contributed by atoms with van der Waals surface area (Å²) >= 11 is 0. The van der Waals surface area contributed by atoms with E-state index in [9.17, 15) is 14.4 Å². The molecular weight excluding hydrogens is 396 g/mol. The molecule has 31 heavy (non-hydrogen) atoms. The number of carbonyl (C=O) groups excluding carboxylic acids is 3. The van der Waals surface area contributed by atoms with Crippen LogP contribution in [0.2, 0.25) is 0 Å². The first kappa shape index (κ1) is 20.6. The molecular formula is C23H24N4O4. The zero-order chi connectivity index (χ0) is 22.0. The molecule has 4 rings (SSSR count). The average molecular weight is 420 g/mol. The Morgan fingerprint density at radius 2 is 1.87 bits per heavy atom. The van der Waals surface area contributed by atoms with Gasteiger partial charge in [0.2, 0.25) is 5.91 Å². The number of carbonyl (C=O) groups is 3. The van der Waals surface area contributed by atoms with Crippen molar-refractivity contribution in [1.82, 2.24) is 15.6 Å². The van der Waals surface area contributed by atoms with Crippen molar-refractivity contribution in [3.8, 4) is 5.75 Å². The van der Waals surface area contributed by atoms with Crippen LogP contribution in [-0.4, -0.2) is 40.5 Å². The van der Waals surface area contributed by atoms with Crippen LogP contribution in [0.3, 0.4) is 0 Å². The van der Waals surface area contributed by atoms with Crippen molar-refractivity contribution < 1.29 is 19.1 Å². The van der Waals surface area contributed by atoms with Crippen LogP contribution in [0.1, 0.15) is 43.9 Å². The van der Waals surface area contributed by atoms with Gasteiger partial charge < -0.3 is 10.1 Å². The molecule has 0 spiro atoms. The zero-order valence-corrected chi connectivity index (χ0v) is 17.4. The molecule has 0 bridgehead atoms. The van der Waals surface area contributed by atoms with Gasteiger partial charge in [-0.3, -0.25) is 14.5 Å². The Kier molecular flexibility index (Phi) is 5.46. The highest BCUT2D eigenvalue weighted by atomic mass is 16.5. The molecule has 2 aliphatic heterocycles. The minimum absolute atomic E-state index is 0.00286. The third-order valence-electron chi connectivity index (χ3n) is 5.34. The Morgan fingerprint density at radius 1 is 1.16 bits per heavy atom. The summed E-state index contributed by atoms with van der Waals surface area (Å²) in [6.45, 7) is 3.26. The van der Waals surface area contributed by atoms with Gasteiger partial charge in [-0.25, -0.2) is 10.2 Å². The van der Waals surface area contributed by atoms with Gasteiger partial charge in [0.05, 0.1) is 5.71 Å². The number of rotatable bonds is 5. The summed E-state index contributed by atoms with van der Waals surface area (Å²) in [6, 6.07) is 16.9. The van der Waals surface area contributed by atoms with Crippen LogP contribution in [-0.2, 0) is 9.59 Å². The van der Waals surface area contributed by atoms with E-state index in [0.717, 1.165) is 16.0 Å². The lowest BCUT2D eigenvalue weighted by Gasteiger charge is -2.27. The van der Waals surface area contributed by atoms with Gasteiger partial charge in [-0.2, -0.15) is 5.10 Å². The molecule has 0 saturated carbocycles. The van der Waals surface area contributed by atoms with Gasteiger partial charge in [0, 0.05) is 24.9 Å². The van der Waals surface area contributed by atoms with Crippen molar-refractivity contribution in [2.45, 2.75) is 38.3 Å². The summed E-state index contributed by atoms with van der Waals surface area (Å²) in [5.41, 5.74) is 4.17. The van der Waals surface area contributed by atoms with Crippen molar-refractivity contribution in [2.24, 2.45) is 5.10 Å². The van der Waals surface area contributed by atoms with Gasteiger partial charge in [0.15, 0.2) is 0 Å². The molecule has 0 radical (unpaired) electrons. The van der Waals surface area contributed by atoms with E-state index in [-0.39, 0.29) is 30.9 Å². The van der Waals surface area contributed by atoms with E-state index >= 15 is 0 Å². The Morgan fingerprint density at radius 3 is 2.58 bits per heavy atom. The topological polar surface area (TPSA) is 100 Å². The zero-order valence-electron chi connectivity index (χ0n) is 17.4. The van der Waals surface area contributed by atoms with Gasteiger partial charge >= 0.3 is 6.03 Å². The van der Waals surface area contributed by atoms with Crippen LogP contribution in [0, 0.1) is 0 Å². The summed E-state index contributed by atoms with van der Waals surface area (Å²) in [6.07, 6.45) is 0.259.